The van der Waals surface area contributed by atoms with Crippen molar-refractivity contribution >= 4 is 0 Å². The standard InChI is InChI=1S/C15H14F3NO/c1-9(19-2)15-12(18)4-3-5-13(15)20-14-8-10(16)6-7-11(14)17/h3-9,19H,1-2H3. The number of halogens is 3. The largest absolute Gasteiger partial charge is 0.454 e. The minimum atomic E-state index is -0.710. The van der Waals surface area contributed by atoms with Gasteiger partial charge in [0.25, 0.3) is 0 Å². The highest BCUT2D eigenvalue weighted by Gasteiger charge is 2.17. The molecule has 1 atom stereocenters. The fourth-order valence-corrected chi connectivity index (χ4v) is 1.84. The molecule has 0 heterocycles. The van der Waals surface area contributed by atoms with Crippen LogP contribution >= 0.6 is 0 Å². The smallest absolute Gasteiger partial charge is 0.165 e. The zero-order chi connectivity index (χ0) is 14.7. The molecule has 106 valence electrons. The van der Waals surface area contributed by atoms with Crippen LogP contribution in [-0.2, 0) is 0 Å². The molecule has 0 aliphatic heterocycles. The van der Waals surface area contributed by atoms with Crippen molar-refractivity contribution in [2.45, 2.75) is 13.0 Å². The summed E-state index contributed by atoms with van der Waals surface area (Å²) in [5.41, 5.74) is 0.263. The molecular weight excluding hydrogens is 267 g/mol. The highest BCUT2D eigenvalue weighted by atomic mass is 19.1. The van der Waals surface area contributed by atoms with Crippen molar-refractivity contribution in [3.05, 3.63) is 59.4 Å². The highest BCUT2D eigenvalue weighted by molar-refractivity contribution is 5.41. The summed E-state index contributed by atoms with van der Waals surface area (Å²) < 4.78 is 45.9. The maximum Gasteiger partial charge on any atom is 0.165 e. The second-order valence-corrected chi connectivity index (χ2v) is 4.34. The van der Waals surface area contributed by atoms with Crippen LogP contribution in [0.5, 0.6) is 11.5 Å². The van der Waals surface area contributed by atoms with E-state index >= 15 is 0 Å². The third-order valence-corrected chi connectivity index (χ3v) is 2.99. The van der Waals surface area contributed by atoms with Gasteiger partial charge in [0.1, 0.15) is 17.4 Å². The Hall–Kier alpha value is -2.01. The van der Waals surface area contributed by atoms with E-state index in [4.69, 9.17) is 4.74 Å². The first-order valence-electron chi connectivity index (χ1n) is 6.11. The Labute approximate surface area is 115 Å². The van der Waals surface area contributed by atoms with Crippen LogP contribution < -0.4 is 10.1 Å². The van der Waals surface area contributed by atoms with Gasteiger partial charge >= 0.3 is 0 Å². The molecule has 2 rings (SSSR count). The van der Waals surface area contributed by atoms with Gasteiger partial charge in [0.15, 0.2) is 11.6 Å². The summed E-state index contributed by atoms with van der Waals surface area (Å²) in [5, 5.41) is 2.89. The number of rotatable bonds is 4. The van der Waals surface area contributed by atoms with Gasteiger partial charge in [0, 0.05) is 17.7 Å². The highest BCUT2D eigenvalue weighted by Crippen LogP contribution is 2.32. The van der Waals surface area contributed by atoms with Gasteiger partial charge in [0.05, 0.1) is 0 Å². The van der Waals surface area contributed by atoms with E-state index < -0.39 is 17.5 Å². The minimum absolute atomic E-state index is 0.149. The van der Waals surface area contributed by atoms with Gasteiger partial charge in [-0.2, -0.15) is 0 Å². The molecule has 0 aromatic heterocycles. The molecular formula is C15H14F3NO. The summed E-state index contributed by atoms with van der Waals surface area (Å²) in [4.78, 5) is 0. The van der Waals surface area contributed by atoms with Crippen molar-refractivity contribution in [3.63, 3.8) is 0 Å². The predicted octanol–water partition coefficient (Wildman–Crippen LogP) is 4.18. The molecule has 1 N–H and O–H groups in total. The van der Waals surface area contributed by atoms with Crippen LogP contribution in [0.25, 0.3) is 0 Å². The second kappa shape index (κ2) is 5.96. The normalized spacial score (nSPS) is 12.2. The van der Waals surface area contributed by atoms with E-state index in [2.05, 4.69) is 5.32 Å². The molecule has 0 bridgehead atoms. The van der Waals surface area contributed by atoms with Gasteiger partial charge in [-0.1, -0.05) is 6.07 Å². The molecule has 2 nitrogen and oxygen atoms in total. The van der Waals surface area contributed by atoms with Gasteiger partial charge in [-0.15, -0.1) is 0 Å². The van der Waals surface area contributed by atoms with Gasteiger partial charge in [-0.25, -0.2) is 13.2 Å². The van der Waals surface area contributed by atoms with E-state index in [0.29, 0.717) is 0 Å². The van der Waals surface area contributed by atoms with Gasteiger partial charge in [-0.3, -0.25) is 0 Å². The Balaban J connectivity index is 2.43. The van der Waals surface area contributed by atoms with Crippen LogP contribution in [0.4, 0.5) is 13.2 Å². The lowest BCUT2D eigenvalue weighted by molar-refractivity contribution is 0.419. The van der Waals surface area contributed by atoms with E-state index in [9.17, 15) is 13.2 Å². The van der Waals surface area contributed by atoms with Crippen molar-refractivity contribution in [1.29, 1.82) is 0 Å². The van der Waals surface area contributed by atoms with Crippen molar-refractivity contribution in [2.24, 2.45) is 0 Å². The summed E-state index contributed by atoms with van der Waals surface area (Å²) in [7, 11) is 1.67. The third-order valence-electron chi connectivity index (χ3n) is 2.99. The number of nitrogens with one attached hydrogen (secondary N) is 1. The summed E-state index contributed by atoms with van der Waals surface area (Å²) in [5.74, 6) is -1.93. The molecule has 0 spiro atoms. The maximum absolute atomic E-state index is 13.9. The topological polar surface area (TPSA) is 21.3 Å². The maximum atomic E-state index is 13.9. The number of benzene rings is 2. The summed E-state index contributed by atoms with van der Waals surface area (Å²) in [6.45, 7) is 1.74. The van der Waals surface area contributed by atoms with E-state index in [-0.39, 0.29) is 23.1 Å². The average Bonchev–Trinajstić information content (AvgIpc) is 2.42. The van der Waals surface area contributed by atoms with Gasteiger partial charge < -0.3 is 10.1 Å². The Morgan fingerprint density at radius 2 is 1.75 bits per heavy atom. The van der Waals surface area contributed by atoms with Crippen molar-refractivity contribution in [3.8, 4) is 11.5 Å². The summed E-state index contributed by atoms with van der Waals surface area (Å²) in [6, 6.07) is 6.80. The van der Waals surface area contributed by atoms with E-state index in [1.807, 2.05) is 0 Å². The Kier molecular flexibility index (Phi) is 4.29. The summed E-state index contributed by atoms with van der Waals surface area (Å²) >= 11 is 0. The molecule has 1 unspecified atom stereocenters. The third kappa shape index (κ3) is 2.93. The van der Waals surface area contributed by atoms with Crippen LogP contribution in [-0.4, -0.2) is 7.05 Å². The van der Waals surface area contributed by atoms with Crippen LogP contribution in [0.2, 0.25) is 0 Å². The Morgan fingerprint density at radius 1 is 1.00 bits per heavy atom. The van der Waals surface area contributed by atoms with Crippen LogP contribution in [0.15, 0.2) is 36.4 Å². The predicted molar refractivity (Wildman–Crippen MR) is 70.3 cm³/mol. The van der Waals surface area contributed by atoms with Gasteiger partial charge in [-0.05, 0) is 38.2 Å². The average molecular weight is 281 g/mol. The van der Waals surface area contributed by atoms with Crippen molar-refractivity contribution < 1.29 is 17.9 Å². The number of hydrogen-bond donors (Lipinski definition) is 1. The zero-order valence-corrected chi connectivity index (χ0v) is 11.1. The lowest BCUT2D eigenvalue weighted by Gasteiger charge is -2.17. The number of ether oxygens (including phenoxy) is 1. The van der Waals surface area contributed by atoms with Crippen molar-refractivity contribution in [2.75, 3.05) is 7.05 Å². The fraction of sp³-hybridized carbons (Fsp3) is 0.200. The molecule has 0 radical (unpaired) electrons. The Bertz CT molecular complexity index is 616. The van der Waals surface area contributed by atoms with Crippen LogP contribution in [0.3, 0.4) is 0 Å². The first kappa shape index (κ1) is 14.4. The van der Waals surface area contributed by atoms with Crippen LogP contribution in [0, 0.1) is 17.5 Å². The molecule has 20 heavy (non-hydrogen) atoms. The molecule has 0 amide bonds. The minimum Gasteiger partial charge on any atom is -0.454 e. The molecule has 0 aliphatic carbocycles. The van der Waals surface area contributed by atoms with E-state index in [1.165, 1.54) is 18.2 Å². The SMILES string of the molecule is CNC(C)c1c(F)cccc1Oc1cc(F)ccc1F. The molecule has 0 fully saturated rings. The lowest BCUT2D eigenvalue weighted by Crippen LogP contribution is -2.15. The van der Waals surface area contributed by atoms with Gasteiger partial charge in [0.2, 0.25) is 0 Å². The summed E-state index contributed by atoms with van der Waals surface area (Å²) in [6.07, 6.45) is 0. The first-order chi connectivity index (χ1) is 9.52. The van der Waals surface area contributed by atoms with E-state index in [0.717, 1.165) is 18.2 Å². The molecule has 5 heteroatoms. The molecule has 0 saturated carbocycles. The fourth-order valence-electron chi connectivity index (χ4n) is 1.84. The quantitative estimate of drug-likeness (QED) is 0.908. The number of hydrogen-bond acceptors (Lipinski definition) is 2. The van der Waals surface area contributed by atoms with Crippen LogP contribution in [0.1, 0.15) is 18.5 Å². The molecule has 2 aromatic carbocycles. The Morgan fingerprint density at radius 3 is 2.45 bits per heavy atom. The van der Waals surface area contributed by atoms with E-state index in [1.54, 1.807) is 14.0 Å². The monoisotopic (exact) mass is 281 g/mol. The first-order valence-corrected chi connectivity index (χ1v) is 6.11. The molecule has 2 aromatic rings. The lowest BCUT2D eigenvalue weighted by atomic mass is 10.1. The zero-order valence-electron chi connectivity index (χ0n) is 11.1. The molecule has 0 saturated heterocycles. The van der Waals surface area contributed by atoms with Crippen molar-refractivity contribution in [1.82, 2.24) is 5.32 Å². The molecule has 0 aliphatic rings. The second-order valence-electron chi connectivity index (χ2n) is 4.34.